The van der Waals surface area contributed by atoms with Crippen molar-refractivity contribution in [3.8, 4) is 12.3 Å². The quantitative estimate of drug-likeness (QED) is 0.741. The molecule has 0 radical (unpaired) electrons. The Labute approximate surface area is 96.0 Å². The molecule has 2 unspecified atom stereocenters. The Balaban J connectivity index is 2.87. The Bertz CT molecular complexity index is 404. The van der Waals surface area contributed by atoms with Gasteiger partial charge >= 0.3 is 0 Å². The van der Waals surface area contributed by atoms with E-state index in [2.05, 4.69) is 11.2 Å². The van der Waals surface area contributed by atoms with Crippen LogP contribution in [-0.4, -0.2) is 11.9 Å². The highest BCUT2D eigenvalue weighted by Crippen LogP contribution is 2.17. The molecule has 3 N–H and O–H groups in total. The summed E-state index contributed by atoms with van der Waals surface area (Å²) in [4.78, 5) is 11.9. The van der Waals surface area contributed by atoms with Gasteiger partial charge in [-0.2, -0.15) is 0 Å². The first-order chi connectivity index (χ1) is 7.48. The van der Waals surface area contributed by atoms with Crippen LogP contribution in [0.4, 0.5) is 0 Å². The molecule has 0 saturated heterocycles. The van der Waals surface area contributed by atoms with E-state index in [1.807, 2.05) is 30.3 Å². The molecule has 0 aliphatic carbocycles. The van der Waals surface area contributed by atoms with E-state index in [4.69, 9.17) is 12.2 Å². The first-order valence-electron chi connectivity index (χ1n) is 5.10. The zero-order valence-electron chi connectivity index (χ0n) is 9.53. The lowest BCUT2D eigenvalue weighted by atomic mass is 9.92. The van der Waals surface area contributed by atoms with Crippen LogP contribution in [0, 0.1) is 12.3 Å². The lowest BCUT2D eigenvalue weighted by Gasteiger charge is -2.25. The van der Waals surface area contributed by atoms with E-state index < -0.39 is 5.54 Å². The summed E-state index contributed by atoms with van der Waals surface area (Å²) < 4.78 is 0. The van der Waals surface area contributed by atoms with E-state index in [0.717, 1.165) is 5.56 Å². The van der Waals surface area contributed by atoms with E-state index in [-0.39, 0.29) is 11.9 Å². The molecule has 0 aliphatic heterocycles. The second-order valence-electron chi connectivity index (χ2n) is 3.93. The van der Waals surface area contributed by atoms with Gasteiger partial charge in [0.15, 0.2) is 0 Å². The van der Waals surface area contributed by atoms with Crippen LogP contribution in [0.1, 0.15) is 19.4 Å². The largest absolute Gasteiger partial charge is 0.341 e. The van der Waals surface area contributed by atoms with Gasteiger partial charge in [0.2, 0.25) is 5.91 Å². The van der Waals surface area contributed by atoms with Crippen LogP contribution in [-0.2, 0) is 10.3 Å². The molecule has 1 aromatic carbocycles. The molecule has 3 nitrogen and oxygen atoms in total. The smallest absolute Gasteiger partial charge is 0.245 e. The van der Waals surface area contributed by atoms with Gasteiger partial charge in [0.05, 0.1) is 6.04 Å². The molecule has 84 valence electrons. The highest BCUT2D eigenvalue weighted by atomic mass is 16.2. The molecule has 3 heteroatoms. The standard InChI is InChI=1S/C13H16N2O/c1-4-10(2)15-12(16)13(3,14)11-8-6-5-7-9-11/h1,5-10H,14H2,2-3H3,(H,15,16). The minimum absolute atomic E-state index is 0.274. The van der Waals surface area contributed by atoms with Crippen LogP contribution < -0.4 is 11.1 Å². The summed E-state index contributed by atoms with van der Waals surface area (Å²) in [7, 11) is 0. The molecule has 1 amide bonds. The van der Waals surface area contributed by atoms with Crippen molar-refractivity contribution < 1.29 is 4.79 Å². The number of rotatable bonds is 3. The Morgan fingerprint density at radius 3 is 2.56 bits per heavy atom. The van der Waals surface area contributed by atoms with Gasteiger partial charge in [-0.15, -0.1) is 6.42 Å². The molecular formula is C13H16N2O. The average molecular weight is 216 g/mol. The predicted molar refractivity (Wildman–Crippen MR) is 64.4 cm³/mol. The van der Waals surface area contributed by atoms with Crippen molar-refractivity contribution in [1.82, 2.24) is 5.32 Å². The lowest BCUT2D eigenvalue weighted by Crippen LogP contribution is -2.51. The fourth-order valence-corrected chi connectivity index (χ4v) is 1.30. The Kier molecular flexibility index (Phi) is 3.70. The van der Waals surface area contributed by atoms with Gasteiger partial charge < -0.3 is 11.1 Å². The van der Waals surface area contributed by atoms with Crippen LogP contribution in [0.3, 0.4) is 0 Å². The monoisotopic (exact) mass is 216 g/mol. The maximum atomic E-state index is 11.9. The lowest BCUT2D eigenvalue weighted by molar-refractivity contribution is -0.126. The van der Waals surface area contributed by atoms with E-state index >= 15 is 0 Å². The molecule has 1 aromatic rings. The van der Waals surface area contributed by atoms with Gasteiger partial charge in [-0.25, -0.2) is 0 Å². The first kappa shape index (κ1) is 12.3. The number of hydrogen-bond acceptors (Lipinski definition) is 2. The third-order valence-corrected chi connectivity index (χ3v) is 2.44. The van der Waals surface area contributed by atoms with Gasteiger partial charge in [0.25, 0.3) is 0 Å². The van der Waals surface area contributed by atoms with Crippen molar-refractivity contribution in [3.05, 3.63) is 35.9 Å². The van der Waals surface area contributed by atoms with Crippen molar-refractivity contribution in [3.63, 3.8) is 0 Å². The summed E-state index contributed by atoms with van der Waals surface area (Å²) in [6.07, 6.45) is 5.20. The minimum Gasteiger partial charge on any atom is -0.341 e. The molecular weight excluding hydrogens is 200 g/mol. The molecule has 2 atom stereocenters. The van der Waals surface area contributed by atoms with Gasteiger partial charge in [-0.1, -0.05) is 36.3 Å². The number of nitrogens with one attached hydrogen (secondary N) is 1. The second-order valence-corrected chi connectivity index (χ2v) is 3.93. The van der Waals surface area contributed by atoms with Crippen LogP contribution in [0.25, 0.3) is 0 Å². The maximum Gasteiger partial charge on any atom is 0.245 e. The van der Waals surface area contributed by atoms with Crippen molar-refractivity contribution in [2.45, 2.75) is 25.4 Å². The Hall–Kier alpha value is -1.79. The van der Waals surface area contributed by atoms with E-state index in [1.54, 1.807) is 13.8 Å². The molecule has 1 rings (SSSR count). The molecule has 0 aromatic heterocycles. The number of hydrogen-bond donors (Lipinski definition) is 2. The summed E-state index contributed by atoms with van der Waals surface area (Å²) in [5, 5.41) is 2.67. The summed E-state index contributed by atoms with van der Waals surface area (Å²) in [5.41, 5.74) is 5.70. The fourth-order valence-electron chi connectivity index (χ4n) is 1.30. The van der Waals surface area contributed by atoms with Gasteiger partial charge in [0.1, 0.15) is 5.54 Å². The van der Waals surface area contributed by atoms with Gasteiger partial charge in [-0.05, 0) is 19.4 Å². The summed E-state index contributed by atoms with van der Waals surface area (Å²) >= 11 is 0. The third kappa shape index (κ3) is 2.62. The number of benzene rings is 1. The van der Waals surface area contributed by atoms with Crippen LogP contribution >= 0.6 is 0 Å². The normalized spacial score (nSPS) is 15.6. The summed E-state index contributed by atoms with van der Waals surface area (Å²) in [6, 6.07) is 8.89. The van der Waals surface area contributed by atoms with Crippen molar-refractivity contribution in [1.29, 1.82) is 0 Å². The van der Waals surface area contributed by atoms with Crippen molar-refractivity contribution in [2.75, 3.05) is 0 Å². The summed E-state index contributed by atoms with van der Waals surface area (Å²) in [6.45, 7) is 3.40. The third-order valence-electron chi connectivity index (χ3n) is 2.44. The zero-order chi connectivity index (χ0) is 12.2. The molecule has 0 fully saturated rings. The van der Waals surface area contributed by atoms with Gasteiger partial charge in [0, 0.05) is 0 Å². The maximum absolute atomic E-state index is 11.9. The van der Waals surface area contributed by atoms with Gasteiger partial charge in [-0.3, -0.25) is 4.79 Å². The predicted octanol–water partition coefficient (Wildman–Crippen LogP) is 0.998. The topological polar surface area (TPSA) is 55.1 Å². The van der Waals surface area contributed by atoms with Crippen molar-refractivity contribution >= 4 is 5.91 Å². The number of terminal acetylenes is 1. The first-order valence-corrected chi connectivity index (χ1v) is 5.10. The molecule has 0 aliphatic rings. The van der Waals surface area contributed by atoms with E-state index in [0.29, 0.717) is 0 Å². The SMILES string of the molecule is C#CC(C)NC(=O)C(C)(N)c1ccccc1. The highest BCUT2D eigenvalue weighted by Gasteiger charge is 2.30. The Morgan fingerprint density at radius 1 is 1.50 bits per heavy atom. The molecule has 0 saturated carbocycles. The second kappa shape index (κ2) is 4.82. The number of carbonyl (C=O) groups is 1. The van der Waals surface area contributed by atoms with Crippen molar-refractivity contribution in [2.24, 2.45) is 5.73 Å². The Morgan fingerprint density at radius 2 is 2.06 bits per heavy atom. The highest BCUT2D eigenvalue weighted by molar-refractivity contribution is 5.87. The molecule has 0 bridgehead atoms. The zero-order valence-corrected chi connectivity index (χ0v) is 9.53. The fraction of sp³-hybridized carbons (Fsp3) is 0.308. The number of amides is 1. The summed E-state index contributed by atoms with van der Waals surface area (Å²) in [5.74, 6) is 2.16. The molecule has 0 spiro atoms. The number of nitrogens with two attached hydrogens (primary N) is 1. The molecule has 0 heterocycles. The average Bonchev–Trinajstić information content (AvgIpc) is 2.29. The van der Waals surface area contributed by atoms with Crippen LogP contribution in [0.2, 0.25) is 0 Å². The van der Waals surface area contributed by atoms with E-state index in [9.17, 15) is 4.79 Å². The number of carbonyl (C=O) groups excluding carboxylic acids is 1. The van der Waals surface area contributed by atoms with Crippen LogP contribution in [0.5, 0.6) is 0 Å². The molecule has 16 heavy (non-hydrogen) atoms. The van der Waals surface area contributed by atoms with E-state index in [1.165, 1.54) is 0 Å². The minimum atomic E-state index is -1.06. The van der Waals surface area contributed by atoms with Crippen LogP contribution in [0.15, 0.2) is 30.3 Å².